The first-order valence-corrected chi connectivity index (χ1v) is 11.4. The van der Waals surface area contributed by atoms with Crippen molar-refractivity contribution in [2.24, 2.45) is 11.8 Å². The van der Waals surface area contributed by atoms with E-state index in [9.17, 15) is 10.1 Å². The van der Waals surface area contributed by atoms with E-state index in [0.29, 0.717) is 18.4 Å². The average Bonchev–Trinajstić information content (AvgIpc) is 2.73. The number of ether oxygens (including phenoxy) is 1. The van der Waals surface area contributed by atoms with Crippen molar-refractivity contribution in [2.45, 2.75) is 57.9 Å². The summed E-state index contributed by atoms with van der Waals surface area (Å²) in [7, 11) is 1.63. The summed E-state index contributed by atoms with van der Waals surface area (Å²) in [6.45, 7) is 4.28. The highest BCUT2D eigenvalue weighted by molar-refractivity contribution is 6.02. The molecule has 0 N–H and O–H groups in total. The van der Waals surface area contributed by atoms with E-state index in [0.717, 1.165) is 60.0 Å². The molecule has 1 saturated carbocycles. The topological polar surface area (TPSA) is 53.3 Å². The summed E-state index contributed by atoms with van der Waals surface area (Å²) >= 11 is 0. The van der Waals surface area contributed by atoms with Gasteiger partial charge < -0.3 is 4.74 Å². The Morgan fingerprint density at radius 1 is 1.23 bits per heavy atom. The molecule has 1 aliphatic carbocycles. The molecule has 0 spiro atoms. The van der Waals surface area contributed by atoms with E-state index in [4.69, 9.17) is 4.74 Å². The Hall–Kier alpha value is -2.38. The van der Waals surface area contributed by atoms with Crippen LogP contribution in [0.4, 0.5) is 0 Å². The molecule has 1 heterocycles. The Kier molecular flexibility index (Phi) is 6.39. The van der Waals surface area contributed by atoms with E-state index in [-0.39, 0.29) is 11.7 Å². The van der Waals surface area contributed by atoms with E-state index in [2.05, 4.69) is 17.9 Å². The molecule has 1 aliphatic heterocycles. The van der Waals surface area contributed by atoms with Gasteiger partial charge in [-0.05, 0) is 61.1 Å². The van der Waals surface area contributed by atoms with Crippen LogP contribution in [0.1, 0.15) is 61.4 Å². The standard InChI is InChI=1S/C26H32N2O2/c1-3-5-18-13-15-28(21-6-4-7-21)17-24(18)26(29)20-8-10-22-19(16-20)9-11-25(30-2)23(22)12-14-27/h8-11,16,18,21,24H,3-7,12-13,15,17H2,1-2H3/t18?,24-/m0/s1. The van der Waals surface area contributed by atoms with Crippen LogP contribution in [0.3, 0.4) is 0 Å². The quantitative estimate of drug-likeness (QED) is 0.581. The van der Waals surface area contributed by atoms with Gasteiger partial charge in [-0.3, -0.25) is 9.69 Å². The molecule has 0 aromatic heterocycles. The number of ketones is 1. The van der Waals surface area contributed by atoms with Gasteiger partial charge in [0.1, 0.15) is 5.75 Å². The van der Waals surface area contributed by atoms with Gasteiger partial charge in [-0.2, -0.15) is 5.26 Å². The van der Waals surface area contributed by atoms with Gasteiger partial charge in [0.2, 0.25) is 0 Å². The Morgan fingerprint density at radius 3 is 2.73 bits per heavy atom. The van der Waals surface area contributed by atoms with Gasteiger partial charge >= 0.3 is 0 Å². The summed E-state index contributed by atoms with van der Waals surface area (Å²) < 4.78 is 5.45. The van der Waals surface area contributed by atoms with Crippen LogP contribution in [-0.4, -0.2) is 36.9 Å². The lowest BCUT2D eigenvalue weighted by Crippen LogP contribution is -2.50. The van der Waals surface area contributed by atoms with E-state index < -0.39 is 0 Å². The lowest BCUT2D eigenvalue weighted by atomic mass is 9.76. The highest BCUT2D eigenvalue weighted by atomic mass is 16.5. The van der Waals surface area contributed by atoms with Crippen molar-refractivity contribution in [1.29, 1.82) is 5.26 Å². The first-order valence-electron chi connectivity index (χ1n) is 11.4. The minimum Gasteiger partial charge on any atom is -0.496 e. The van der Waals surface area contributed by atoms with Crippen LogP contribution in [0, 0.1) is 23.2 Å². The molecule has 0 bridgehead atoms. The molecule has 2 aliphatic rings. The van der Waals surface area contributed by atoms with E-state index >= 15 is 0 Å². The average molecular weight is 405 g/mol. The maximum absolute atomic E-state index is 13.6. The Morgan fingerprint density at radius 2 is 2.07 bits per heavy atom. The molecule has 2 fully saturated rings. The van der Waals surface area contributed by atoms with E-state index in [1.165, 1.54) is 19.3 Å². The van der Waals surface area contributed by atoms with Gasteiger partial charge in [0.15, 0.2) is 5.78 Å². The number of fused-ring (bicyclic) bond motifs is 1. The lowest BCUT2D eigenvalue weighted by Gasteiger charge is -2.45. The fourth-order valence-electron chi connectivity index (χ4n) is 5.32. The Balaban J connectivity index is 1.63. The van der Waals surface area contributed by atoms with Gasteiger partial charge in [0, 0.05) is 29.6 Å². The SMILES string of the molecule is CCCC1CCN(C2CCC2)C[C@@H]1C(=O)c1ccc2c(CC#N)c(OC)ccc2c1. The van der Waals surface area contributed by atoms with Crippen molar-refractivity contribution in [2.75, 3.05) is 20.2 Å². The number of hydrogen-bond donors (Lipinski definition) is 0. The number of likely N-dealkylation sites (tertiary alicyclic amines) is 1. The van der Waals surface area contributed by atoms with Gasteiger partial charge in [-0.25, -0.2) is 0 Å². The number of carbonyl (C=O) groups is 1. The van der Waals surface area contributed by atoms with Crippen LogP contribution in [-0.2, 0) is 6.42 Å². The van der Waals surface area contributed by atoms with Crippen molar-refractivity contribution in [3.05, 3.63) is 41.5 Å². The Labute approximate surface area is 179 Å². The van der Waals surface area contributed by atoms with Crippen LogP contribution in [0.5, 0.6) is 5.75 Å². The first-order chi connectivity index (χ1) is 14.7. The predicted molar refractivity (Wildman–Crippen MR) is 120 cm³/mol. The minimum absolute atomic E-state index is 0.0913. The molecule has 2 aromatic carbocycles. The second-order valence-electron chi connectivity index (χ2n) is 8.91. The highest BCUT2D eigenvalue weighted by Crippen LogP contribution is 2.36. The zero-order valence-electron chi connectivity index (χ0n) is 18.2. The van der Waals surface area contributed by atoms with Gasteiger partial charge in [0.05, 0.1) is 19.6 Å². The third kappa shape index (κ3) is 3.96. The number of Topliss-reactive ketones (excluding diaryl/α,β-unsaturated/α-hetero) is 1. The number of nitriles is 1. The molecule has 0 radical (unpaired) electrons. The largest absolute Gasteiger partial charge is 0.496 e. The van der Waals surface area contributed by atoms with E-state index in [1.807, 2.05) is 30.3 Å². The highest BCUT2D eigenvalue weighted by Gasteiger charge is 2.37. The molecule has 4 rings (SSSR count). The molecule has 1 saturated heterocycles. The van der Waals surface area contributed by atoms with E-state index in [1.54, 1.807) is 7.11 Å². The maximum atomic E-state index is 13.6. The molecule has 2 aromatic rings. The zero-order chi connectivity index (χ0) is 21.1. The summed E-state index contributed by atoms with van der Waals surface area (Å²) in [6.07, 6.45) is 7.61. The Bertz CT molecular complexity index is 957. The van der Waals surface area contributed by atoms with Crippen LogP contribution >= 0.6 is 0 Å². The van der Waals surface area contributed by atoms with Gasteiger partial charge in [-0.15, -0.1) is 0 Å². The summed E-state index contributed by atoms with van der Waals surface area (Å²) in [5.41, 5.74) is 1.70. The van der Waals surface area contributed by atoms with Crippen LogP contribution in [0.15, 0.2) is 30.3 Å². The fraction of sp³-hybridized carbons (Fsp3) is 0.538. The smallest absolute Gasteiger partial charge is 0.167 e. The predicted octanol–water partition coefficient (Wildman–Crippen LogP) is 5.39. The molecule has 4 nitrogen and oxygen atoms in total. The monoisotopic (exact) mass is 404 g/mol. The normalized spacial score (nSPS) is 22.4. The lowest BCUT2D eigenvalue weighted by molar-refractivity contribution is 0.0390. The number of nitrogens with zero attached hydrogens (tertiary/aromatic N) is 2. The molecule has 2 atom stereocenters. The number of carbonyl (C=O) groups excluding carboxylic acids is 1. The number of piperidine rings is 1. The first kappa shape index (κ1) is 20.9. The second-order valence-corrected chi connectivity index (χ2v) is 8.91. The third-order valence-electron chi connectivity index (χ3n) is 7.22. The minimum atomic E-state index is 0.0913. The van der Waals surface area contributed by atoms with Gasteiger partial charge in [-0.1, -0.05) is 38.0 Å². The van der Waals surface area contributed by atoms with Crippen LogP contribution < -0.4 is 4.74 Å². The molecular weight excluding hydrogens is 372 g/mol. The van der Waals surface area contributed by atoms with Crippen LogP contribution in [0.25, 0.3) is 10.8 Å². The number of benzene rings is 2. The van der Waals surface area contributed by atoms with Crippen molar-refractivity contribution >= 4 is 16.6 Å². The van der Waals surface area contributed by atoms with Crippen molar-refractivity contribution < 1.29 is 9.53 Å². The van der Waals surface area contributed by atoms with Crippen LogP contribution in [0.2, 0.25) is 0 Å². The molecule has 4 heteroatoms. The molecule has 1 unspecified atom stereocenters. The summed E-state index contributed by atoms with van der Waals surface area (Å²) in [5, 5.41) is 11.2. The number of methoxy groups -OCH3 is 1. The maximum Gasteiger partial charge on any atom is 0.167 e. The summed E-state index contributed by atoms with van der Waals surface area (Å²) in [6, 6.07) is 12.8. The number of rotatable bonds is 7. The molecule has 30 heavy (non-hydrogen) atoms. The number of hydrogen-bond acceptors (Lipinski definition) is 4. The third-order valence-corrected chi connectivity index (χ3v) is 7.22. The summed E-state index contributed by atoms with van der Waals surface area (Å²) in [4.78, 5) is 16.2. The van der Waals surface area contributed by atoms with Crippen molar-refractivity contribution in [1.82, 2.24) is 4.90 Å². The second kappa shape index (κ2) is 9.18. The van der Waals surface area contributed by atoms with Gasteiger partial charge in [0.25, 0.3) is 0 Å². The van der Waals surface area contributed by atoms with Crippen molar-refractivity contribution in [3.8, 4) is 11.8 Å². The zero-order valence-corrected chi connectivity index (χ0v) is 18.2. The molecule has 158 valence electrons. The molecule has 0 amide bonds. The molecular formula is C26H32N2O2. The fourth-order valence-corrected chi connectivity index (χ4v) is 5.32. The van der Waals surface area contributed by atoms with Crippen molar-refractivity contribution in [3.63, 3.8) is 0 Å². The summed E-state index contributed by atoms with van der Waals surface area (Å²) in [5.74, 6) is 1.60.